The zero-order chi connectivity index (χ0) is 14.3. The Morgan fingerprint density at radius 3 is 2.63 bits per heavy atom. The largest absolute Gasteiger partial charge is 0.467 e. The van der Waals surface area contributed by atoms with E-state index in [1.165, 1.54) is 7.11 Å². The lowest BCUT2D eigenvalue weighted by molar-refractivity contribution is -0.141. The molecule has 6 heteroatoms. The first-order chi connectivity index (χ1) is 9.10. The number of carbonyl (C=O) groups is 1. The Bertz CT molecular complexity index is 399. The van der Waals surface area contributed by atoms with Crippen molar-refractivity contribution in [2.75, 3.05) is 24.3 Å². The van der Waals surface area contributed by atoms with Crippen molar-refractivity contribution < 1.29 is 9.53 Å². The van der Waals surface area contributed by atoms with Crippen LogP contribution < -0.4 is 10.6 Å². The van der Waals surface area contributed by atoms with Gasteiger partial charge in [0.25, 0.3) is 0 Å². The molecule has 0 aliphatic heterocycles. The van der Waals surface area contributed by atoms with E-state index in [0.29, 0.717) is 5.82 Å². The van der Waals surface area contributed by atoms with Gasteiger partial charge in [-0.3, -0.25) is 0 Å². The molecule has 1 aromatic heterocycles. The van der Waals surface area contributed by atoms with Crippen molar-refractivity contribution in [2.24, 2.45) is 0 Å². The maximum Gasteiger partial charge on any atom is 0.328 e. The summed E-state index contributed by atoms with van der Waals surface area (Å²) < 4.78 is 4.68. The van der Waals surface area contributed by atoms with Crippen molar-refractivity contribution >= 4 is 17.6 Å². The van der Waals surface area contributed by atoms with Crippen molar-refractivity contribution in [3.63, 3.8) is 0 Å². The number of rotatable bonds is 7. The lowest BCUT2D eigenvalue weighted by atomic mass is 10.3. The second-order valence-electron chi connectivity index (χ2n) is 4.22. The van der Waals surface area contributed by atoms with Gasteiger partial charge in [0.15, 0.2) is 0 Å². The third kappa shape index (κ3) is 4.73. The zero-order valence-corrected chi connectivity index (χ0v) is 12.0. The third-order valence-corrected chi connectivity index (χ3v) is 2.52. The number of aromatic nitrogens is 2. The van der Waals surface area contributed by atoms with Crippen molar-refractivity contribution in [2.45, 2.75) is 39.7 Å². The summed E-state index contributed by atoms with van der Waals surface area (Å²) in [5, 5.41) is 6.18. The van der Waals surface area contributed by atoms with Crippen molar-refractivity contribution in [1.29, 1.82) is 0 Å². The molecule has 0 aliphatic rings. The molecule has 1 rings (SSSR count). The Kier molecular flexibility index (Phi) is 6.05. The second-order valence-corrected chi connectivity index (χ2v) is 4.22. The smallest absolute Gasteiger partial charge is 0.328 e. The SMILES string of the molecule is CCCc1nc(NCC)cc(NC(C)C(=O)OC)n1. The van der Waals surface area contributed by atoms with E-state index >= 15 is 0 Å². The fourth-order valence-electron chi connectivity index (χ4n) is 1.64. The quantitative estimate of drug-likeness (QED) is 0.733. The van der Waals surface area contributed by atoms with Crippen LogP contribution in [0.25, 0.3) is 0 Å². The zero-order valence-electron chi connectivity index (χ0n) is 12.0. The highest BCUT2D eigenvalue weighted by molar-refractivity contribution is 5.78. The van der Waals surface area contributed by atoms with Crippen molar-refractivity contribution in [1.82, 2.24) is 9.97 Å². The first-order valence-electron chi connectivity index (χ1n) is 6.56. The Labute approximate surface area is 114 Å². The number of aryl methyl sites for hydroxylation is 1. The summed E-state index contributed by atoms with van der Waals surface area (Å²) in [4.78, 5) is 20.2. The number of carbonyl (C=O) groups excluding carboxylic acids is 1. The van der Waals surface area contributed by atoms with E-state index in [9.17, 15) is 4.79 Å². The van der Waals surface area contributed by atoms with Crippen LogP contribution in [0.2, 0.25) is 0 Å². The molecule has 0 saturated carbocycles. The number of anilines is 2. The van der Waals surface area contributed by atoms with Gasteiger partial charge in [-0.15, -0.1) is 0 Å². The molecule has 0 radical (unpaired) electrons. The molecule has 0 aromatic carbocycles. The minimum Gasteiger partial charge on any atom is -0.467 e. The van der Waals surface area contributed by atoms with Gasteiger partial charge in [-0.1, -0.05) is 6.92 Å². The highest BCUT2D eigenvalue weighted by Crippen LogP contribution is 2.13. The van der Waals surface area contributed by atoms with E-state index in [2.05, 4.69) is 32.3 Å². The number of methoxy groups -OCH3 is 1. The molecule has 0 bridgehead atoms. The lowest BCUT2D eigenvalue weighted by Gasteiger charge is -2.14. The predicted octanol–water partition coefficient (Wildman–Crippen LogP) is 1.83. The molecule has 2 N–H and O–H groups in total. The van der Waals surface area contributed by atoms with E-state index in [0.717, 1.165) is 31.0 Å². The summed E-state index contributed by atoms with van der Waals surface area (Å²) in [5.41, 5.74) is 0. The molecular formula is C13H22N4O2. The van der Waals surface area contributed by atoms with Gasteiger partial charge in [0.05, 0.1) is 7.11 Å². The Hall–Kier alpha value is -1.85. The molecule has 1 heterocycles. The van der Waals surface area contributed by atoms with Gasteiger partial charge in [-0.25, -0.2) is 14.8 Å². The standard InChI is InChI=1S/C13H22N4O2/c1-5-7-10-16-11(14-6-2)8-12(17-10)15-9(3)13(18)19-4/h8-9H,5-7H2,1-4H3,(H2,14,15,16,17). The lowest BCUT2D eigenvalue weighted by Crippen LogP contribution is -2.27. The molecule has 1 atom stereocenters. The summed E-state index contributed by atoms with van der Waals surface area (Å²) in [6.45, 7) is 6.61. The summed E-state index contributed by atoms with van der Waals surface area (Å²) in [6.07, 6.45) is 1.78. The summed E-state index contributed by atoms with van der Waals surface area (Å²) in [6, 6.07) is 1.35. The van der Waals surface area contributed by atoms with E-state index in [4.69, 9.17) is 0 Å². The van der Waals surface area contributed by atoms with Crippen LogP contribution in [0.5, 0.6) is 0 Å². The Balaban J connectivity index is 2.88. The molecule has 0 saturated heterocycles. The molecule has 19 heavy (non-hydrogen) atoms. The van der Waals surface area contributed by atoms with Crippen molar-refractivity contribution in [3.8, 4) is 0 Å². The van der Waals surface area contributed by atoms with Gasteiger partial charge in [-0.05, 0) is 20.3 Å². The molecule has 0 spiro atoms. The fourth-order valence-corrected chi connectivity index (χ4v) is 1.64. The van der Waals surface area contributed by atoms with Crippen LogP contribution in [-0.4, -0.2) is 35.6 Å². The first kappa shape index (κ1) is 15.2. The second kappa shape index (κ2) is 7.56. The van der Waals surface area contributed by atoms with E-state index in [1.54, 1.807) is 13.0 Å². The number of nitrogens with zero attached hydrogens (tertiary/aromatic N) is 2. The van der Waals surface area contributed by atoms with Crippen LogP contribution in [-0.2, 0) is 16.0 Å². The minimum absolute atomic E-state index is 0.319. The van der Waals surface area contributed by atoms with Crippen LogP contribution in [0.1, 0.15) is 33.0 Å². The summed E-state index contributed by atoms with van der Waals surface area (Å²) in [5.74, 6) is 1.84. The first-order valence-corrected chi connectivity index (χ1v) is 6.56. The highest BCUT2D eigenvalue weighted by atomic mass is 16.5. The van der Waals surface area contributed by atoms with Crippen LogP contribution in [0.3, 0.4) is 0 Å². The van der Waals surface area contributed by atoms with Gasteiger partial charge in [0, 0.05) is 19.0 Å². The number of hydrogen-bond acceptors (Lipinski definition) is 6. The molecule has 0 aliphatic carbocycles. The van der Waals surface area contributed by atoms with Gasteiger partial charge in [-0.2, -0.15) is 0 Å². The number of ether oxygens (including phenoxy) is 1. The van der Waals surface area contributed by atoms with Crippen LogP contribution in [0, 0.1) is 0 Å². The normalized spacial score (nSPS) is 11.8. The van der Waals surface area contributed by atoms with Crippen LogP contribution >= 0.6 is 0 Å². The van der Waals surface area contributed by atoms with Gasteiger partial charge in [0.2, 0.25) is 0 Å². The fraction of sp³-hybridized carbons (Fsp3) is 0.615. The van der Waals surface area contributed by atoms with Gasteiger partial charge < -0.3 is 15.4 Å². The molecular weight excluding hydrogens is 244 g/mol. The molecule has 6 nitrogen and oxygen atoms in total. The molecule has 106 valence electrons. The molecule has 0 amide bonds. The third-order valence-electron chi connectivity index (χ3n) is 2.52. The number of esters is 1. The number of nitrogens with one attached hydrogen (secondary N) is 2. The maximum absolute atomic E-state index is 11.4. The minimum atomic E-state index is -0.441. The highest BCUT2D eigenvalue weighted by Gasteiger charge is 2.14. The van der Waals surface area contributed by atoms with E-state index in [1.807, 2.05) is 6.92 Å². The molecule has 0 fully saturated rings. The van der Waals surface area contributed by atoms with Crippen LogP contribution in [0.15, 0.2) is 6.07 Å². The summed E-state index contributed by atoms with van der Waals surface area (Å²) >= 11 is 0. The molecule has 1 aromatic rings. The number of hydrogen-bond donors (Lipinski definition) is 2. The average Bonchev–Trinajstić information content (AvgIpc) is 2.38. The Morgan fingerprint density at radius 2 is 2.05 bits per heavy atom. The van der Waals surface area contributed by atoms with Gasteiger partial charge >= 0.3 is 5.97 Å². The monoisotopic (exact) mass is 266 g/mol. The topological polar surface area (TPSA) is 76.1 Å². The average molecular weight is 266 g/mol. The van der Waals surface area contributed by atoms with E-state index in [-0.39, 0.29) is 5.97 Å². The van der Waals surface area contributed by atoms with Gasteiger partial charge in [0.1, 0.15) is 23.5 Å². The maximum atomic E-state index is 11.4. The molecule has 1 unspecified atom stereocenters. The predicted molar refractivity (Wildman–Crippen MR) is 75.3 cm³/mol. The van der Waals surface area contributed by atoms with E-state index < -0.39 is 6.04 Å². The summed E-state index contributed by atoms with van der Waals surface area (Å²) in [7, 11) is 1.37. The van der Waals surface area contributed by atoms with Crippen molar-refractivity contribution in [3.05, 3.63) is 11.9 Å². The van der Waals surface area contributed by atoms with Crippen LogP contribution in [0.4, 0.5) is 11.6 Å². The Morgan fingerprint density at radius 1 is 1.37 bits per heavy atom.